The molecule has 3 nitrogen and oxygen atoms in total. The maximum absolute atomic E-state index is 6.00. The van der Waals surface area contributed by atoms with Gasteiger partial charge in [0.15, 0.2) is 0 Å². The summed E-state index contributed by atoms with van der Waals surface area (Å²) in [7, 11) is 0. The molecule has 1 unspecified atom stereocenters. The minimum Gasteiger partial charge on any atom is -0.369 e. The Labute approximate surface area is 137 Å². The summed E-state index contributed by atoms with van der Waals surface area (Å²) in [6.07, 6.45) is 0.933. The molecule has 21 heavy (non-hydrogen) atoms. The topological polar surface area (TPSA) is 32.5 Å². The van der Waals surface area contributed by atoms with E-state index in [9.17, 15) is 0 Å². The lowest BCUT2D eigenvalue weighted by molar-refractivity contribution is 0.128. The molecule has 0 amide bonds. The third-order valence-corrected chi connectivity index (χ3v) is 4.65. The molecular weight excluding hydrogens is 326 g/mol. The van der Waals surface area contributed by atoms with Gasteiger partial charge in [-0.05, 0) is 51.8 Å². The summed E-state index contributed by atoms with van der Waals surface area (Å²) < 4.78 is 1.14. The standard InChI is InChI=1S/C17H28BrN3/c1-13(19)11-14-5-6-15(18)12-16(14)20-7-9-21(10-8-20)17(2,3)4/h5-6,12-13H,7-11,19H2,1-4H3. The zero-order valence-electron chi connectivity index (χ0n) is 13.7. The number of rotatable bonds is 3. The van der Waals surface area contributed by atoms with Crippen LogP contribution < -0.4 is 10.6 Å². The van der Waals surface area contributed by atoms with Gasteiger partial charge in [0, 0.05) is 47.9 Å². The molecule has 4 heteroatoms. The number of hydrogen-bond donors (Lipinski definition) is 1. The summed E-state index contributed by atoms with van der Waals surface area (Å²) in [5.74, 6) is 0. The smallest absolute Gasteiger partial charge is 0.0411 e. The molecule has 118 valence electrons. The van der Waals surface area contributed by atoms with E-state index < -0.39 is 0 Å². The fourth-order valence-electron chi connectivity index (χ4n) is 2.97. The highest BCUT2D eigenvalue weighted by molar-refractivity contribution is 9.10. The van der Waals surface area contributed by atoms with Gasteiger partial charge in [0.05, 0.1) is 0 Å². The first-order valence-corrected chi connectivity index (χ1v) is 8.60. The van der Waals surface area contributed by atoms with Crippen LogP contribution in [-0.2, 0) is 6.42 Å². The fourth-order valence-corrected chi connectivity index (χ4v) is 3.32. The maximum atomic E-state index is 6.00. The quantitative estimate of drug-likeness (QED) is 0.904. The van der Waals surface area contributed by atoms with E-state index in [4.69, 9.17) is 5.73 Å². The predicted octanol–water partition coefficient (Wildman–Crippen LogP) is 3.26. The zero-order chi connectivity index (χ0) is 15.6. The van der Waals surface area contributed by atoms with Gasteiger partial charge in [-0.2, -0.15) is 0 Å². The van der Waals surface area contributed by atoms with E-state index in [1.807, 2.05) is 0 Å². The van der Waals surface area contributed by atoms with Gasteiger partial charge in [-0.25, -0.2) is 0 Å². The number of nitrogens with zero attached hydrogens (tertiary/aromatic N) is 2. The van der Waals surface area contributed by atoms with Gasteiger partial charge in [-0.1, -0.05) is 22.0 Å². The summed E-state index contributed by atoms with van der Waals surface area (Å²) in [4.78, 5) is 5.07. The van der Waals surface area contributed by atoms with Gasteiger partial charge >= 0.3 is 0 Å². The molecule has 2 N–H and O–H groups in total. The molecular formula is C17H28BrN3. The Hall–Kier alpha value is -0.580. The van der Waals surface area contributed by atoms with E-state index in [-0.39, 0.29) is 11.6 Å². The average molecular weight is 354 g/mol. The van der Waals surface area contributed by atoms with Crippen LogP contribution in [0.25, 0.3) is 0 Å². The summed E-state index contributed by atoms with van der Waals surface area (Å²) in [6, 6.07) is 6.76. The molecule has 2 rings (SSSR count). The Morgan fingerprint density at radius 3 is 2.33 bits per heavy atom. The van der Waals surface area contributed by atoms with Gasteiger partial charge in [-0.3, -0.25) is 4.90 Å². The average Bonchev–Trinajstić information content (AvgIpc) is 2.39. The van der Waals surface area contributed by atoms with Crippen molar-refractivity contribution in [2.75, 3.05) is 31.1 Å². The van der Waals surface area contributed by atoms with E-state index in [1.54, 1.807) is 0 Å². The normalized spacial score (nSPS) is 18.9. The maximum Gasteiger partial charge on any atom is 0.0411 e. The van der Waals surface area contributed by atoms with Gasteiger partial charge in [-0.15, -0.1) is 0 Å². The van der Waals surface area contributed by atoms with Gasteiger partial charge in [0.2, 0.25) is 0 Å². The second-order valence-electron chi connectivity index (χ2n) is 7.10. The Morgan fingerprint density at radius 2 is 1.81 bits per heavy atom. The predicted molar refractivity (Wildman–Crippen MR) is 95.0 cm³/mol. The Morgan fingerprint density at radius 1 is 1.19 bits per heavy atom. The number of piperazine rings is 1. The van der Waals surface area contributed by atoms with Crippen molar-refractivity contribution in [2.45, 2.75) is 45.7 Å². The molecule has 1 aromatic rings. The number of hydrogen-bond acceptors (Lipinski definition) is 3. The summed E-state index contributed by atoms with van der Waals surface area (Å²) >= 11 is 3.60. The second kappa shape index (κ2) is 6.67. The highest BCUT2D eigenvalue weighted by Crippen LogP contribution is 2.28. The van der Waals surface area contributed by atoms with Gasteiger partial charge < -0.3 is 10.6 Å². The molecule has 1 heterocycles. The van der Waals surface area contributed by atoms with E-state index in [1.165, 1.54) is 11.3 Å². The molecule has 0 aliphatic carbocycles. The van der Waals surface area contributed by atoms with Crippen LogP contribution in [0.15, 0.2) is 22.7 Å². The molecule has 1 aliphatic heterocycles. The molecule has 0 radical (unpaired) electrons. The number of nitrogens with two attached hydrogens (primary N) is 1. The molecule has 0 spiro atoms. The first kappa shape index (κ1) is 16.8. The van der Waals surface area contributed by atoms with Crippen molar-refractivity contribution in [2.24, 2.45) is 5.73 Å². The lowest BCUT2D eigenvalue weighted by atomic mass is 10.0. The third kappa shape index (κ3) is 4.44. The number of anilines is 1. The van der Waals surface area contributed by atoms with Crippen LogP contribution in [0.1, 0.15) is 33.3 Å². The fraction of sp³-hybridized carbons (Fsp3) is 0.647. The lowest BCUT2D eigenvalue weighted by Gasteiger charge is -2.43. The van der Waals surface area contributed by atoms with Gasteiger partial charge in [0.25, 0.3) is 0 Å². The van der Waals surface area contributed by atoms with Crippen LogP contribution in [0.3, 0.4) is 0 Å². The molecule has 1 atom stereocenters. The van der Waals surface area contributed by atoms with Crippen molar-refractivity contribution in [1.82, 2.24) is 4.90 Å². The van der Waals surface area contributed by atoms with E-state index in [0.29, 0.717) is 0 Å². The molecule has 0 saturated carbocycles. The molecule has 1 saturated heterocycles. The molecule has 1 aliphatic rings. The zero-order valence-corrected chi connectivity index (χ0v) is 15.3. The Kier molecular flexibility index (Phi) is 5.33. The first-order chi connectivity index (χ1) is 9.77. The summed E-state index contributed by atoms with van der Waals surface area (Å²) in [5, 5.41) is 0. The number of halogens is 1. The van der Waals surface area contributed by atoms with Crippen LogP contribution in [0.2, 0.25) is 0 Å². The minimum atomic E-state index is 0.195. The summed E-state index contributed by atoms with van der Waals surface area (Å²) in [5.41, 5.74) is 8.96. The van der Waals surface area contributed by atoms with Crippen molar-refractivity contribution in [3.05, 3.63) is 28.2 Å². The second-order valence-corrected chi connectivity index (χ2v) is 8.02. The van der Waals surface area contributed by atoms with Gasteiger partial charge in [0.1, 0.15) is 0 Å². The molecule has 0 bridgehead atoms. The summed E-state index contributed by atoms with van der Waals surface area (Å²) in [6.45, 7) is 13.4. The van der Waals surface area contributed by atoms with Crippen LogP contribution in [0, 0.1) is 0 Å². The van der Waals surface area contributed by atoms with Crippen molar-refractivity contribution >= 4 is 21.6 Å². The SMILES string of the molecule is CC(N)Cc1ccc(Br)cc1N1CCN(C(C)(C)C)CC1. The van der Waals surface area contributed by atoms with Crippen molar-refractivity contribution in [1.29, 1.82) is 0 Å². The highest BCUT2D eigenvalue weighted by atomic mass is 79.9. The Bertz CT molecular complexity index is 471. The lowest BCUT2D eigenvalue weighted by Crippen LogP contribution is -2.53. The largest absolute Gasteiger partial charge is 0.369 e. The van der Waals surface area contributed by atoms with Crippen LogP contribution in [-0.4, -0.2) is 42.7 Å². The van der Waals surface area contributed by atoms with Crippen LogP contribution in [0.4, 0.5) is 5.69 Å². The minimum absolute atomic E-state index is 0.195. The monoisotopic (exact) mass is 353 g/mol. The highest BCUT2D eigenvalue weighted by Gasteiger charge is 2.26. The van der Waals surface area contributed by atoms with Crippen molar-refractivity contribution in [3.8, 4) is 0 Å². The van der Waals surface area contributed by atoms with Crippen LogP contribution in [0.5, 0.6) is 0 Å². The molecule has 1 fully saturated rings. The van der Waals surface area contributed by atoms with E-state index in [0.717, 1.165) is 37.1 Å². The third-order valence-electron chi connectivity index (χ3n) is 4.16. The Balaban J connectivity index is 2.14. The molecule has 1 aromatic carbocycles. The van der Waals surface area contributed by atoms with Crippen molar-refractivity contribution in [3.63, 3.8) is 0 Å². The number of benzene rings is 1. The molecule has 0 aromatic heterocycles. The van der Waals surface area contributed by atoms with E-state index >= 15 is 0 Å². The van der Waals surface area contributed by atoms with Crippen LogP contribution >= 0.6 is 15.9 Å². The first-order valence-electron chi connectivity index (χ1n) is 7.81. The van der Waals surface area contributed by atoms with Crippen molar-refractivity contribution < 1.29 is 0 Å². The van der Waals surface area contributed by atoms with E-state index in [2.05, 4.69) is 71.6 Å².